The third-order valence-electron chi connectivity index (χ3n) is 5.57. The number of nitrogens with one attached hydrogen (secondary N) is 1. The van der Waals surface area contributed by atoms with Crippen molar-refractivity contribution in [3.05, 3.63) is 34.8 Å². The molecule has 4 rings (SSSR count). The molecule has 1 aliphatic rings. The predicted molar refractivity (Wildman–Crippen MR) is 137 cm³/mol. The van der Waals surface area contributed by atoms with Crippen LogP contribution in [-0.2, 0) is 11.3 Å². The number of rotatable bonds is 6. The molecule has 9 heteroatoms. The number of imidazole rings is 1. The van der Waals surface area contributed by atoms with E-state index in [2.05, 4.69) is 51.2 Å². The largest absolute Gasteiger partial charge is 0.374 e. The van der Waals surface area contributed by atoms with E-state index in [1.165, 1.54) is 16.9 Å². The van der Waals surface area contributed by atoms with Crippen LogP contribution in [0.3, 0.4) is 0 Å². The molecule has 3 heterocycles. The quantitative estimate of drug-likeness (QED) is 0.507. The Balaban J connectivity index is 0.00000181. The lowest BCUT2D eigenvalue weighted by atomic mass is 9.96. The van der Waals surface area contributed by atoms with Gasteiger partial charge < -0.3 is 15.0 Å². The normalized spacial score (nSPS) is 18.5. The summed E-state index contributed by atoms with van der Waals surface area (Å²) in [7, 11) is 1.87. The zero-order valence-corrected chi connectivity index (χ0v) is 21.9. The molecule has 6 nitrogen and oxygen atoms in total. The number of halogens is 2. The maximum Gasteiger partial charge on any atom is 0.265 e. The van der Waals surface area contributed by atoms with Gasteiger partial charge in [-0.25, -0.2) is 4.98 Å². The summed E-state index contributed by atoms with van der Waals surface area (Å²) in [6.45, 7) is 11.8. The molecule has 1 fully saturated rings. The van der Waals surface area contributed by atoms with E-state index in [9.17, 15) is 4.79 Å². The molecule has 0 spiro atoms. The number of carbonyl (C=O) groups is 1. The molecule has 1 aromatic carbocycles. The Labute approximate surface area is 206 Å². The number of fused-ring (bicyclic) bond motifs is 3. The van der Waals surface area contributed by atoms with Gasteiger partial charge in [0, 0.05) is 39.5 Å². The molecule has 1 atom stereocenters. The van der Waals surface area contributed by atoms with Gasteiger partial charge in [0.15, 0.2) is 4.96 Å². The van der Waals surface area contributed by atoms with E-state index in [0.29, 0.717) is 6.54 Å². The second-order valence-corrected chi connectivity index (χ2v) is 10.9. The molecule has 1 saturated heterocycles. The molecular weight excluding hydrogens is 467 g/mol. The van der Waals surface area contributed by atoms with E-state index in [1.54, 1.807) is 4.90 Å². The van der Waals surface area contributed by atoms with Crippen molar-refractivity contribution in [2.24, 2.45) is 5.41 Å². The van der Waals surface area contributed by atoms with E-state index in [1.807, 2.05) is 17.6 Å². The van der Waals surface area contributed by atoms with Crippen molar-refractivity contribution < 1.29 is 9.53 Å². The Bertz CT molecular complexity index is 1070. The van der Waals surface area contributed by atoms with Crippen LogP contribution in [0.25, 0.3) is 16.0 Å². The maximum atomic E-state index is 12.9. The van der Waals surface area contributed by atoms with Crippen molar-refractivity contribution in [1.29, 1.82) is 0 Å². The average molecular weight is 502 g/mol. The van der Waals surface area contributed by atoms with Gasteiger partial charge in [0.25, 0.3) is 5.91 Å². The minimum atomic E-state index is -0.0459. The summed E-state index contributed by atoms with van der Waals surface area (Å²) in [5.41, 5.74) is 3.22. The first-order valence-corrected chi connectivity index (χ1v) is 11.5. The third kappa shape index (κ3) is 5.94. The van der Waals surface area contributed by atoms with Crippen LogP contribution in [0, 0.1) is 5.41 Å². The topological polar surface area (TPSA) is 58.9 Å². The number of thiazole rings is 1. The summed E-state index contributed by atoms with van der Waals surface area (Å²) in [5, 5.41) is 3.54. The Kier molecular flexibility index (Phi) is 8.62. The van der Waals surface area contributed by atoms with E-state index < -0.39 is 0 Å². The van der Waals surface area contributed by atoms with Crippen molar-refractivity contribution >= 4 is 58.1 Å². The molecule has 0 radical (unpaired) electrons. The molecule has 1 amide bonds. The molecule has 0 unspecified atom stereocenters. The highest BCUT2D eigenvalue weighted by atomic mass is 35.5. The molecule has 0 aliphatic carbocycles. The van der Waals surface area contributed by atoms with Gasteiger partial charge in [-0.1, -0.05) is 38.2 Å². The average Bonchev–Trinajstić information content (AvgIpc) is 3.34. The van der Waals surface area contributed by atoms with Crippen LogP contribution in [0.15, 0.2) is 24.4 Å². The highest BCUT2D eigenvalue weighted by Crippen LogP contribution is 2.27. The lowest BCUT2D eigenvalue weighted by molar-refractivity contribution is 0.0207. The number of nitrogens with zero attached hydrogens (tertiary/aromatic N) is 3. The first kappa shape index (κ1) is 26.9. The van der Waals surface area contributed by atoms with E-state index >= 15 is 0 Å². The number of hydrogen-bond donors (Lipinski definition) is 1. The van der Waals surface area contributed by atoms with Crippen LogP contribution in [0.5, 0.6) is 0 Å². The fourth-order valence-corrected chi connectivity index (χ4v) is 5.17. The summed E-state index contributed by atoms with van der Waals surface area (Å²) >= 11 is 1.45. The smallest absolute Gasteiger partial charge is 0.265 e. The molecule has 0 saturated carbocycles. The molecule has 32 heavy (non-hydrogen) atoms. The molecule has 2 aromatic heterocycles. The summed E-state index contributed by atoms with van der Waals surface area (Å²) in [6.07, 6.45) is 4.18. The zero-order valence-electron chi connectivity index (χ0n) is 19.4. The Morgan fingerprint density at radius 1 is 1.34 bits per heavy atom. The minimum absolute atomic E-state index is 0. The highest BCUT2D eigenvalue weighted by molar-refractivity contribution is 7.18. The van der Waals surface area contributed by atoms with Crippen LogP contribution in [0.4, 0.5) is 0 Å². The molecule has 178 valence electrons. The fraction of sp³-hybridized carbons (Fsp3) is 0.565. The number of hydrogen-bond acceptors (Lipinski definition) is 5. The van der Waals surface area contributed by atoms with Crippen LogP contribution < -0.4 is 5.32 Å². The highest BCUT2D eigenvalue weighted by Gasteiger charge is 2.29. The van der Waals surface area contributed by atoms with Gasteiger partial charge in [-0.05, 0) is 42.9 Å². The number of carbonyl (C=O) groups excluding carboxylic acids is 1. The zero-order chi connectivity index (χ0) is 21.5. The lowest BCUT2D eigenvalue weighted by Crippen LogP contribution is -2.36. The fourth-order valence-electron chi connectivity index (χ4n) is 4.18. The Hall–Kier alpha value is -1.38. The van der Waals surface area contributed by atoms with Crippen molar-refractivity contribution in [1.82, 2.24) is 19.6 Å². The Morgan fingerprint density at radius 3 is 2.75 bits per heavy atom. The molecule has 1 aliphatic heterocycles. The van der Waals surface area contributed by atoms with Gasteiger partial charge in [0.05, 0.1) is 16.6 Å². The first-order valence-electron chi connectivity index (χ1n) is 10.6. The van der Waals surface area contributed by atoms with Crippen molar-refractivity contribution in [2.75, 3.05) is 26.7 Å². The summed E-state index contributed by atoms with van der Waals surface area (Å²) < 4.78 is 7.90. The second kappa shape index (κ2) is 10.3. The number of ether oxygens (including phenoxy) is 1. The number of aromatic nitrogens is 2. The van der Waals surface area contributed by atoms with Gasteiger partial charge in [-0.3, -0.25) is 9.20 Å². The monoisotopic (exact) mass is 500 g/mol. The molecule has 0 bridgehead atoms. The van der Waals surface area contributed by atoms with Crippen molar-refractivity contribution in [2.45, 2.75) is 52.7 Å². The van der Waals surface area contributed by atoms with E-state index in [0.717, 1.165) is 53.4 Å². The lowest BCUT2D eigenvalue weighted by Gasteiger charge is -2.26. The van der Waals surface area contributed by atoms with Gasteiger partial charge >= 0.3 is 0 Å². The second-order valence-electron chi connectivity index (χ2n) is 9.91. The Morgan fingerprint density at radius 2 is 2.09 bits per heavy atom. The maximum absolute atomic E-state index is 12.9. The van der Waals surface area contributed by atoms with Gasteiger partial charge in [0.2, 0.25) is 0 Å². The number of amides is 1. The van der Waals surface area contributed by atoms with Gasteiger partial charge in [-0.15, -0.1) is 24.8 Å². The van der Waals surface area contributed by atoms with Gasteiger partial charge in [0.1, 0.15) is 4.88 Å². The third-order valence-corrected chi connectivity index (χ3v) is 6.54. The van der Waals surface area contributed by atoms with Crippen LogP contribution in [0.2, 0.25) is 0 Å². The minimum Gasteiger partial charge on any atom is -0.374 e. The summed E-state index contributed by atoms with van der Waals surface area (Å²) in [5.74, 6) is 0.0520. The SMILES string of the molecule is CN(CC(C)(C)C)C(=O)c1cn2c(nc3ccc(CNC[C@]4(C)CCCO4)cc32)s1.Cl.Cl. The summed E-state index contributed by atoms with van der Waals surface area (Å²) in [6, 6.07) is 6.35. The van der Waals surface area contributed by atoms with Crippen LogP contribution in [-0.4, -0.2) is 52.5 Å². The van der Waals surface area contributed by atoms with Crippen LogP contribution >= 0.6 is 36.2 Å². The molecule has 3 aromatic rings. The molecule has 1 N–H and O–H groups in total. The van der Waals surface area contributed by atoms with Crippen LogP contribution in [0.1, 0.15) is 55.8 Å². The first-order chi connectivity index (χ1) is 14.1. The van der Waals surface area contributed by atoms with Crippen molar-refractivity contribution in [3.63, 3.8) is 0 Å². The molecular formula is C23H34Cl2N4O2S. The van der Waals surface area contributed by atoms with Gasteiger partial charge in [-0.2, -0.15) is 0 Å². The predicted octanol–water partition coefficient (Wildman–Crippen LogP) is 5.17. The van der Waals surface area contributed by atoms with E-state index in [-0.39, 0.29) is 41.7 Å². The van der Waals surface area contributed by atoms with Crippen molar-refractivity contribution in [3.8, 4) is 0 Å². The van der Waals surface area contributed by atoms with E-state index in [4.69, 9.17) is 9.72 Å². The standard InChI is InChI=1S/C23H32N4O2S.2ClH/c1-22(2,3)15-26(5)20(28)19-13-27-18-11-16(7-8-17(18)25-21(27)30-19)12-24-14-23(4)9-6-10-29-23;;/h7-8,11,13,24H,6,9-10,12,14-15H2,1-5H3;2*1H/t23-;;/m0../s1. The summed E-state index contributed by atoms with van der Waals surface area (Å²) in [4.78, 5) is 21.0. The number of benzene rings is 1.